The fraction of sp³-hybridized carbons (Fsp3) is 0.0588. The molecule has 1 aromatic heterocycles. The summed E-state index contributed by atoms with van der Waals surface area (Å²) in [5.74, 6) is -1.03. The summed E-state index contributed by atoms with van der Waals surface area (Å²) >= 11 is 0. The Balaban J connectivity index is 1.92. The van der Waals surface area contributed by atoms with Crippen molar-refractivity contribution in [2.24, 2.45) is 0 Å². The number of aromatic nitrogens is 2. The summed E-state index contributed by atoms with van der Waals surface area (Å²) in [4.78, 5) is 10.8. The molecule has 0 bridgehead atoms. The number of benzene rings is 2. The van der Waals surface area contributed by atoms with Gasteiger partial charge >= 0.3 is 12.1 Å². The molecule has 7 heteroatoms. The van der Waals surface area contributed by atoms with Gasteiger partial charge in [0.1, 0.15) is 0 Å². The van der Waals surface area contributed by atoms with E-state index in [9.17, 15) is 18.0 Å². The summed E-state index contributed by atoms with van der Waals surface area (Å²) < 4.78 is 39.7. The minimum absolute atomic E-state index is 0.157. The van der Waals surface area contributed by atoms with Crippen molar-refractivity contribution >= 4 is 5.97 Å². The van der Waals surface area contributed by atoms with Gasteiger partial charge in [-0.3, -0.25) is 0 Å². The lowest BCUT2D eigenvalue weighted by Crippen LogP contribution is -2.06. The van der Waals surface area contributed by atoms with Crippen LogP contribution in [-0.2, 0) is 6.18 Å². The van der Waals surface area contributed by atoms with Crippen molar-refractivity contribution in [3.63, 3.8) is 0 Å². The van der Waals surface area contributed by atoms with Gasteiger partial charge in [-0.15, -0.1) is 0 Å². The molecule has 1 N–H and O–H groups in total. The van der Waals surface area contributed by atoms with E-state index in [0.717, 1.165) is 17.7 Å². The molecule has 3 aromatic rings. The van der Waals surface area contributed by atoms with E-state index in [0.29, 0.717) is 11.3 Å². The van der Waals surface area contributed by atoms with E-state index in [4.69, 9.17) is 5.11 Å². The maximum absolute atomic E-state index is 12.8. The molecule has 4 nitrogen and oxygen atoms in total. The third-order valence-electron chi connectivity index (χ3n) is 3.49. The fourth-order valence-electron chi connectivity index (χ4n) is 2.24. The second kappa shape index (κ2) is 5.84. The monoisotopic (exact) mass is 332 g/mol. The average Bonchev–Trinajstić information content (AvgIpc) is 3.04. The minimum Gasteiger partial charge on any atom is -0.478 e. The minimum atomic E-state index is -4.42. The quantitative estimate of drug-likeness (QED) is 0.780. The van der Waals surface area contributed by atoms with Crippen LogP contribution in [-0.4, -0.2) is 20.9 Å². The Bertz CT molecular complexity index is 883. The molecule has 2 aromatic carbocycles. The first-order chi connectivity index (χ1) is 11.3. The van der Waals surface area contributed by atoms with E-state index < -0.39 is 17.7 Å². The number of nitrogens with zero attached hydrogens (tertiary/aromatic N) is 2. The van der Waals surface area contributed by atoms with Crippen molar-refractivity contribution in [2.45, 2.75) is 6.18 Å². The first-order valence-electron chi connectivity index (χ1n) is 6.90. The maximum Gasteiger partial charge on any atom is 0.416 e. The SMILES string of the molecule is O=C(O)c1ccc(-c2cnn(-c3cccc(C(F)(F)F)c3)c2)cc1. The van der Waals surface area contributed by atoms with E-state index in [2.05, 4.69) is 5.10 Å². The van der Waals surface area contributed by atoms with Gasteiger partial charge in [0.25, 0.3) is 0 Å². The van der Waals surface area contributed by atoms with Crippen molar-refractivity contribution < 1.29 is 23.1 Å². The summed E-state index contributed by atoms with van der Waals surface area (Å²) in [6, 6.07) is 11.0. The van der Waals surface area contributed by atoms with Crippen LogP contribution in [0, 0.1) is 0 Å². The highest BCUT2D eigenvalue weighted by Gasteiger charge is 2.30. The molecule has 0 aliphatic rings. The Labute approximate surface area is 134 Å². The van der Waals surface area contributed by atoms with Crippen LogP contribution in [0.3, 0.4) is 0 Å². The van der Waals surface area contributed by atoms with Crippen LogP contribution in [0.1, 0.15) is 15.9 Å². The largest absolute Gasteiger partial charge is 0.478 e. The zero-order valence-electron chi connectivity index (χ0n) is 12.2. The van der Waals surface area contributed by atoms with Gasteiger partial charge in [-0.25, -0.2) is 9.48 Å². The van der Waals surface area contributed by atoms with E-state index >= 15 is 0 Å². The smallest absolute Gasteiger partial charge is 0.416 e. The molecule has 24 heavy (non-hydrogen) atoms. The van der Waals surface area contributed by atoms with Gasteiger partial charge in [-0.05, 0) is 35.9 Å². The molecule has 0 amide bonds. The number of carboxylic acids is 1. The number of alkyl halides is 3. The van der Waals surface area contributed by atoms with Gasteiger partial charge in [-0.1, -0.05) is 18.2 Å². The molecule has 0 radical (unpaired) electrons. The first kappa shape index (κ1) is 15.8. The first-order valence-corrected chi connectivity index (χ1v) is 6.90. The maximum atomic E-state index is 12.8. The van der Waals surface area contributed by atoms with E-state index in [1.165, 1.54) is 35.1 Å². The number of hydrogen-bond donors (Lipinski definition) is 1. The summed E-state index contributed by atoms with van der Waals surface area (Å²) in [6.45, 7) is 0. The second-order valence-corrected chi connectivity index (χ2v) is 5.10. The normalized spacial score (nSPS) is 11.5. The van der Waals surface area contributed by atoms with Crippen molar-refractivity contribution in [1.82, 2.24) is 9.78 Å². The molecule has 3 rings (SSSR count). The predicted octanol–water partition coefficient (Wildman–Crippen LogP) is 4.26. The van der Waals surface area contributed by atoms with Crippen LogP contribution in [0.4, 0.5) is 13.2 Å². The molecule has 0 aliphatic heterocycles. The number of rotatable bonds is 3. The lowest BCUT2D eigenvalue weighted by Gasteiger charge is -2.08. The number of hydrogen-bond acceptors (Lipinski definition) is 2. The van der Waals surface area contributed by atoms with E-state index in [1.54, 1.807) is 18.3 Å². The van der Waals surface area contributed by atoms with Crippen molar-refractivity contribution in [3.05, 3.63) is 72.1 Å². The molecule has 0 atom stereocenters. The van der Waals surface area contributed by atoms with Crippen LogP contribution >= 0.6 is 0 Å². The summed E-state index contributed by atoms with van der Waals surface area (Å²) in [5.41, 5.74) is 1.09. The third-order valence-corrected chi connectivity index (χ3v) is 3.49. The molecular weight excluding hydrogens is 321 g/mol. The lowest BCUT2D eigenvalue weighted by atomic mass is 10.1. The van der Waals surface area contributed by atoms with Gasteiger partial charge < -0.3 is 5.11 Å². The predicted molar refractivity (Wildman–Crippen MR) is 81.0 cm³/mol. The molecular formula is C17H11F3N2O2. The highest BCUT2D eigenvalue weighted by Crippen LogP contribution is 2.30. The number of aromatic carboxylic acids is 1. The standard InChI is InChI=1S/C17H11F3N2O2/c18-17(19,20)14-2-1-3-15(8-14)22-10-13(9-21-22)11-4-6-12(7-5-11)16(23)24/h1-10H,(H,23,24). The Morgan fingerprint density at radius 3 is 2.38 bits per heavy atom. The van der Waals surface area contributed by atoms with Gasteiger partial charge in [0.15, 0.2) is 0 Å². The Kier molecular flexibility index (Phi) is 3.84. The summed E-state index contributed by atoms with van der Waals surface area (Å²) in [6.07, 6.45) is -1.32. The Morgan fingerprint density at radius 1 is 1.04 bits per heavy atom. The third kappa shape index (κ3) is 3.15. The van der Waals surface area contributed by atoms with Gasteiger partial charge in [-0.2, -0.15) is 18.3 Å². The number of halogens is 3. The molecule has 122 valence electrons. The molecule has 1 heterocycles. The lowest BCUT2D eigenvalue weighted by molar-refractivity contribution is -0.137. The Hall–Kier alpha value is -3.09. The zero-order valence-corrected chi connectivity index (χ0v) is 12.2. The number of carbonyl (C=O) groups is 1. The van der Waals surface area contributed by atoms with Gasteiger partial charge in [0.05, 0.1) is 23.0 Å². The topological polar surface area (TPSA) is 55.1 Å². The van der Waals surface area contributed by atoms with Crippen LogP contribution < -0.4 is 0 Å². The molecule has 0 saturated carbocycles. The fourth-order valence-corrected chi connectivity index (χ4v) is 2.24. The highest BCUT2D eigenvalue weighted by atomic mass is 19.4. The highest BCUT2D eigenvalue weighted by molar-refractivity contribution is 5.88. The van der Waals surface area contributed by atoms with Gasteiger partial charge in [0.2, 0.25) is 0 Å². The van der Waals surface area contributed by atoms with Crippen molar-refractivity contribution in [3.8, 4) is 16.8 Å². The molecule has 0 spiro atoms. The van der Waals surface area contributed by atoms with Crippen LogP contribution in [0.15, 0.2) is 60.9 Å². The summed E-state index contributed by atoms with van der Waals surface area (Å²) in [5, 5.41) is 13.0. The van der Waals surface area contributed by atoms with E-state index in [1.807, 2.05) is 0 Å². The molecule has 0 unspecified atom stereocenters. The average molecular weight is 332 g/mol. The number of carboxylic acid groups (broad SMARTS) is 1. The molecule has 0 saturated heterocycles. The van der Waals surface area contributed by atoms with Gasteiger partial charge in [0, 0.05) is 11.8 Å². The van der Waals surface area contributed by atoms with Crippen LogP contribution in [0.5, 0.6) is 0 Å². The van der Waals surface area contributed by atoms with Crippen molar-refractivity contribution in [2.75, 3.05) is 0 Å². The zero-order chi connectivity index (χ0) is 17.3. The van der Waals surface area contributed by atoms with E-state index in [-0.39, 0.29) is 5.56 Å². The van der Waals surface area contributed by atoms with Crippen LogP contribution in [0.25, 0.3) is 16.8 Å². The van der Waals surface area contributed by atoms with Crippen molar-refractivity contribution in [1.29, 1.82) is 0 Å². The molecule has 0 fully saturated rings. The second-order valence-electron chi connectivity index (χ2n) is 5.10. The van der Waals surface area contributed by atoms with Crippen LogP contribution in [0.2, 0.25) is 0 Å². The summed E-state index contributed by atoms with van der Waals surface area (Å²) in [7, 11) is 0. The Morgan fingerprint density at radius 2 is 1.75 bits per heavy atom. The molecule has 0 aliphatic carbocycles.